The molecule has 1 N–H and O–H groups in total. The summed E-state index contributed by atoms with van der Waals surface area (Å²) < 4.78 is 6.97. The fourth-order valence-corrected chi connectivity index (χ4v) is 2.93. The summed E-state index contributed by atoms with van der Waals surface area (Å²) in [5, 5.41) is 5.20. The van der Waals surface area contributed by atoms with Crippen LogP contribution in [0.4, 0.5) is 0 Å². The highest BCUT2D eigenvalue weighted by Crippen LogP contribution is 2.25. The fourth-order valence-electron chi connectivity index (χ4n) is 1.55. The Labute approximate surface area is 114 Å². The Bertz CT molecular complexity index is 484. The predicted molar refractivity (Wildman–Crippen MR) is 75.6 cm³/mol. The minimum absolute atomic E-state index is 0.610. The van der Waals surface area contributed by atoms with E-state index < -0.39 is 0 Å². The van der Waals surface area contributed by atoms with Crippen molar-refractivity contribution < 1.29 is 4.74 Å². The highest BCUT2D eigenvalue weighted by atomic mass is 79.9. The van der Waals surface area contributed by atoms with Crippen molar-refractivity contribution in [1.82, 2.24) is 5.32 Å². The molecule has 4 heteroatoms. The Kier molecular flexibility index (Phi) is 4.59. The number of thiophene rings is 1. The quantitative estimate of drug-likeness (QED) is 0.906. The SMILES string of the molecule is CNCc1ccccc1OCc1sccc1Br. The van der Waals surface area contributed by atoms with E-state index in [-0.39, 0.29) is 0 Å². The van der Waals surface area contributed by atoms with Crippen molar-refractivity contribution >= 4 is 27.3 Å². The number of nitrogens with one attached hydrogen (secondary N) is 1. The second kappa shape index (κ2) is 6.19. The van der Waals surface area contributed by atoms with E-state index in [0.29, 0.717) is 6.61 Å². The van der Waals surface area contributed by atoms with Gasteiger partial charge >= 0.3 is 0 Å². The summed E-state index contributed by atoms with van der Waals surface area (Å²) in [5.74, 6) is 0.946. The third kappa shape index (κ3) is 3.31. The summed E-state index contributed by atoms with van der Waals surface area (Å²) in [7, 11) is 1.94. The molecule has 0 radical (unpaired) electrons. The Morgan fingerprint density at radius 3 is 2.82 bits per heavy atom. The van der Waals surface area contributed by atoms with Crippen LogP contribution in [-0.4, -0.2) is 7.05 Å². The van der Waals surface area contributed by atoms with Crippen molar-refractivity contribution in [3.05, 3.63) is 50.6 Å². The monoisotopic (exact) mass is 311 g/mol. The third-order valence-electron chi connectivity index (χ3n) is 2.39. The number of benzene rings is 1. The van der Waals surface area contributed by atoms with Gasteiger partial charge in [-0.15, -0.1) is 11.3 Å². The van der Waals surface area contributed by atoms with Gasteiger partial charge in [0.2, 0.25) is 0 Å². The first kappa shape index (κ1) is 12.6. The van der Waals surface area contributed by atoms with E-state index in [1.807, 2.05) is 31.3 Å². The maximum Gasteiger partial charge on any atom is 0.124 e. The number of hydrogen-bond donors (Lipinski definition) is 1. The summed E-state index contributed by atoms with van der Waals surface area (Å²) in [6, 6.07) is 10.2. The molecule has 0 bridgehead atoms. The first-order chi connectivity index (χ1) is 8.31. The molecule has 1 heterocycles. The largest absolute Gasteiger partial charge is 0.488 e. The minimum atomic E-state index is 0.610. The summed E-state index contributed by atoms with van der Waals surface area (Å²) in [5.41, 5.74) is 1.18. The molecule has 1 aromatic heterocycles. The van der Waals surface area contributed by atoms with Crippen molar-refractivity contribution in [3.8, 4) is 5.75 Å². The average Bonchev–Trinajstić information content (AvgIpc) is 2.74. The molecule has 0 aliphatic rings. The molecule has 0 saturated carbocycles. The second-order valence-electron chi connectivity index (χ2n) is 3.62. The lowest BCUT2D eigenvalue weighted by Gasteiger charge is -2.10. The molecular weight excluding hydrogens is 298 g/mol. The van der Waals surface area contributed by atoms with Gasteiger partial charge in [-0.05, 0) is 40.5 Å². The van der Waals surface area contributed by atoms with Gasteiger partial charge in [0.05, 0.1) is 4.88 Å². The number of hydrogen-bond acceptors (Lipinski definition) is 3. The van der Waals surface area contributed by atoms with Crippen molar-refractivity contribution in [1.29, 1.82) is 0 Å². The van der Waals surface area contributed by atoms with Crippen LogP contribution in [0.3, 0.4) is 0 Å². The van der Waals surface area contributed by atoms with E-state index in [2.05, 4.69) is 32.7 Å². The van der Waals surface area contributed by atoms with E-state index in [9.17, 15) is 0 Å². The van der Waals surface area contributed by atoms with Crippen LogP contribution in [-0.2, 0) is 13.2 Å². The lowest BCUT2D eigenvalue weighted by atomic mass is 10.2. The van der Waals surface area contributed by atoms with Crippen LogP contribution in [0, 0.1) is 0 Å². The lowest BCUT2D eigenvalue weighted by Crippen LogP contribution is -2.07. The zero-order chi connectivity index (χ0) is 12.1. The topological polar surface area (TPSA) is 21.3 Å². The van der Waals surface area contributed by atoms with E-state index >= 15 is 0 Å². The number of halogens is 1. The molecule has 0 aliphatic carbocycles. The lowest BCUT2D eigenvalue weighted by molar-refractivity contribution is 0.305. The maximum absolute atomic E-state index is 5.86. The first-order valence-corrected chi connectivity index (χ1v) is 7.05. The Hall–Kier alpha value is -0.840. The molecule has 0 atom stereocenters. The van der Waals surface area contributed by atoms with Gasteiger partial charge in [0.25, 0.3) is 0 Å². The van der Waals surface area contributed by atoms with Gasteiger partial charge < -0.3 is 10.1 Å². The third-order valence-corrected chi connectivity index (χ3v) is 4.29. The minimum Gasteiger partial charge on any atom is -0.488 e. The van der Waals surface area contributed by atoms with E-state index in [1.165, 1.54) is 10.4 Å². The molecule has 2 rings (SSSR count). The molecule has 0 aliphatic heterocycles. The predicted octanol–water partition coefficient (Wildman–Crippen LogP) is 3.81. The molecule has 0 fully saturated rings. The molecule has 0 spiro atoms. The van der Waals surface area contributed by atoms with Crippen LogP contribution in [0.25, 0.3) is 0 Å². The average molecular weight is 312 g/mol. The zero-order valence-electron chi connectivity index (χ0n) is 9.57. The zero-order valence-corrected chi connectivity index (χ0v) is 12.0. The second-order valence-corrected chi connectivity index (χ2v) is 5.47. The number of para-hydroxylation sites is 1. The molecule has 17 heavy (non-hydrogen) atoms. The van der Waals surface area contributed by atoms with Crippen LogP contribution in [0.2, 0.25) is 0 Å². The normalized spacial score (nSPS) is 10.5. The summed E-state index contributed by atoms with van der Waals surface area (Å²) >= 11 is 5.21. The van der Waals surface area contributed by atoms with Crippen molar-refractivity contribution in [2.45, 2.75) is 13.2 Å². The molecule has 0 unspecified atom stereocenters. The van der Waals surface area contributed by atoms with Gasteiger partial charge in [0.1, 0.15) is 12.4 Å². The van der Waals surface area contributed by atoms with Gasteiger partial charge in [0, 0.05) is 16.6 Å². The molecule has 0 saturated heterocycles. The van der Waals surface area contributed by atoms with E-state index in [0.717, 1.165) is 16.8 Å². The van der Waals surface area contributed by atoms with Gasteiger partial charge in [-0.2, -0.15) is 0 Å². The van der Waals surface area contributed by atoms with Crippen molar-refractivity contribution in [2.24, 2.45) is 0 Å². The maximum atomic E-state index is 5.86. The summed E-state index contributed by atoms with van der Waals surface area (Å²) in [6.45, 7) is 1.43. The van der Waals surface area contributed by atoms with Gasteiger partial charge in [-0.1, -0.05) is 18.2 Å². The Morgan fingerprint density at radius 1 is 1.29 bits per heavy atom. The first-order valence-electron chi connectivity index (χ1n) is 5.38. The highest BCUT2D eigenvalue weighted by molar-refractivity contribution is 9.10. The van der Waals surface area contributed by atoms with Crippen molar-refractivity contribution in [2.75, 3.05) is 7.05 Å². The van der Waals surface area contributed by atoms with Gasteiger partial charge in [-0.25, -0.2) is 0 Å². The summed E-state index contributed by atoms with van der Waals surface area (Å²) in [4.78, 5) is 1.21. The number of rotatable bonds is 5. The fraction of sp³-hybridized carbons (Fsp3) is 0.231. The van der Waals surface area contributed by atoms with Crippen LogP contribution in [0.1, 0.15) is 10.4 Å². The Morgan fingerprint density at radius 2 is 2.12 bits per heavy atom. The number of ether oxygens (including phenoxy) is 1. The molecule has 1 aromatic carbocycles. The molecule has 90 valence electrons. The van der Waals surface area contributed by atoms with Gasteiger partial charge in [0.15, 0.2) is 0 Å². The summed E-state index contributed by atoms with van der Waals surface area (Å²) in [6.07, 6.45) is 0. The molecule has 0 amide bonds. The van der Waals surface area contributed by atoms with Crippen molar-refractivity contribution in [3.63, 3.8) is 0 Å². The van der Waals surface area contributed by atoms with Crippen LogP contribution >= 0.6 is 27.3 Å². The molecule has 2 nitrogen and oxygen atoms in total. The smallest absolute Gasteiger partial charge is 0.124 e. The Balaban J connectivity index is 2.06. The van der Waals surface area contributed by atoms with E-state index in [1.54, 1.807) is 11.3 Å². The van der Waals surface area contributed by atoms with Crippen LogP contribution in [0.5, 0.6) is 5.75 Å². The molecular formula is C13H14BrNOS. The van der Waals surface area contributed by atoms with Crippen LogP contribution < -0.4 is 10.1 Å². The van der Waals surface area contributed by atoms with Crippen LogP contribution in [0.15, 0.2) is 40.2 Å². The van der Waals surface area contributed by atoms with Gasteiger partial charge in [-0.3, -0.25) is 0 Å². The highest BCUT2D eigenvalue weighted by Gasteiger charge is 2.05. The standard InChI is InChI=1S/C13H14BrNOS/c1-15-8-10-4-2-3-5-12(10)16-9-13-11(14)6-7-17-13/h2-7,15H,8-9H2,1H3. The van der Waals surface area contributed by atoms with E-state index in [4.69, 9.17) is 4.74 Å². The molecule has 2 aromatic rings.